The molecule has 0 aromatic carbocycles. The fourth-order valence-electron chi connectivity index (χ4n) is 0.467. The van der Waals surface area contributed by atoms with Crippen molar-refractivity contribution in [2.75, 3.05) is 0 Å². The predicted molar refractivity (Wildman–Crippen MR) is 35.0 cm³/mol. The van der Waals surface area contributed by atoms with Crippen LogP contribution in [0.1, 0.15) is 5.01 Å². The number of hydrogen-bond donors (Lipinski definition) is 0. The molecule has 0 N–H and O–H groups in total. The van der Waals surface area contributed by atoms with Crippen LogP contribution in [0.15, 0.2) is 6.20 Å². The van der Waals surface area contributed by atoms with Crippen LogP contribution in [0.25, 0.3) is 0 Å². The van der Waals surface area contributed by atoms with E-state index in [-0.39, 0.29) is 0 Å². The van der Waals surface area contributed by atoms with Crippen LogP contribution in [0.2, 0.25) is 0 Å². The molecule has 36 valence electrons. The van der Waals surface area contributed by atoms with Crippen LogP contribution in [-0.2, 0) is 0 Å². The summed E-state index contributed by atoms with van der Waals surface area (Å²) in [5.74, 6) is 0. The van der Waals surface area contributed by atoms with Gasteiger partial charge in [-0.1, -0.05) is 0 Å². The molecule has 0 radical (unpaired) electrons. The molecule has 0 spiro atoms. The highest BCUT2D eigenvalue weighted by Crippen LogP contribution is 1.94. The van der Waals surface area contributed by atoms with Gasteiger partial charge < -0.3 is 0 Å². The minimum absolute atomic E-state index is 1.15. The van der Waals surface area contributed by atoms with Gasteiger partial charge in [0, 0.05) is 6.20 Å². The molecule has 1 aromatic rings. The third-order valence-corrected chi connectivity index (χ3v) is 1.57. The van der Waals surface area contributed by atoms with Gasteiger partial charge in [-0.2, -0.15) is 0 Å². The van der Waals surface area contributed by atoms with Crippen molar-refractivity contribution in [1.82, 2.24) is 4.98 Å². The van der Waals surface area contributed by atoms with Crippen molar-refractivity contribution < 1.29 is 0 Å². The third-order valence-electron chi connectivity index (χ3n) is 0.737. The lowest BCUT2D eigenvalue weighted by Crippen LogP contribution is -1.89. The molecule has 7 heavy (non-hydrogen) atoms. The van der Waals surface area contributed by atoms with Gasteiger partial charge in [0.15, 0.2) is 7.85 Å². The number of aryl methyl sites for hydroxylation is 1. The van der Waals surface area contributed by atoms with Gasteiger partial charge in [0.1, 0.15) is 0 Å². The fourth-order valence-corrected chi connectivity index (χ4v) is 1.14. The summed E-state index contributed by atoms with van der Waals surface area (Å²) >= 11 is 1.73. The second-order valence-corrected chi connectivity index (χ2v) is 2.93. The van der Waals surface area contributed by atoms with Gasteiger partial charge >= 0.3 is 0 Å². The lowest BCUT2D eigenvalue weighted by atomic mass is 10.1. The first-order valence-corrected chi connectivity index (χ1v) is 3.00. The van der Waals surface area contributed by atoms with Crippen LogP contribution >= 0.6 is 11.3 Å². The van der Waals surface area contributed by atoms with Crippen molar-refractivity contribution in [1.29, 1.82) is 0 Å². The Morgan fingerprint density at radius 1 is 1.86 bits per heavy atom. The van der Waals surface area contributed by atoms with Gasteiger partial charge in [-0.25, -0.2) is 0 Å². The number of thiazole rings is 1. The summed E-state index contributed by atoms with van der Waals surface area (Å²) in [5.41, 5.74) is 0. The second-order valence-electron chi connectivity index (χ2n) is 1.49. The molecule has 0 bridgehead atoms. The Balaban J connectivity index is 3.04. The van der Waals surface area contributed by atoms with E-state index in [1.807, 2.05) is 13.1 Å². The SMILES string of the molecule is Bc1cnc(C)s1. The lowest BCUT2D eigenvalue weighted by molar-refractivity contribution is 1.30. The first-order valence-electron chi connectivity index (χ1n) is 2.18. The highest BCUT2D eigenvalue weighted by molar-refractivity contribution is 7.19. The Hall–Kier alpha value is -0.305. The first-order chi connectivity index (χ1) is 3.29. The third kappa shape index (κ3) is 1.03. The molecule has 0 aliphatic heterocycles. The van der Waals surface area contributed by atoms with Crippen LogP contribution in [0.3, 0.4) is 0 Å². The summed E-state index contributed by atoms with van der Waals surface area (Å²) in [5, 5.41) is 1.15. The van der Waals surface area contributed by atoms with Crippen molar-refractivity contribution >= 4 is 24.0 Å². The molecule has 1 heterocycles. The highest BCUT2D eigenvalue weighted by atomic mass is 32.1. The molecule has 0 saturated heterocycles. The molecule has 1 rings (SSSR count). The van der Waals surface area contributed by atoms with Gasteiger partial charge in [-0.15, -0.1) is 11.3 Å². The fraction of sp³-hybridized carbons (Fsp3) is 0.250. The quantitative estimate of drug-likeness (QED) is 0.419. The zero-order valence-corrected chi connectivity index (χ0v) is 5.25. The topological polar surface area (TPSA) is 12.9 Å². The molecule has 0 amide bonds. The molecular formula is C4H6BNS. The Labute approximate surface area is 47.8 Å². The number of hydrogen-bond acceptors (Lipinski definition) is 2. The Bertz CT molecular complexity index is 144. The van der Waals surface area contributed by atoms with Crippen LogP contribution in [0.5, 0.6) is 0 Å². The summed E-state index contributed by atoms with van der Waals surface area (Å²) in [7, 11) is 2.06. The average molecular weight is 111 g/mol. The maximum absolute atomic E-state index is 4.03. The van der Waals surface area contributed by atoms with Crippen LogP contribution < -0.4 is 4.78 Å². The van der Waals surface area contributed by atoms with Gasteiger partial charge in [-0.3, -0.25) is 4.98 Å². The predicted octanol–water partition coefficient (Wildman–Crippen LogP) is -0.290. The zero-order chi connectivity index (χ0) is 5.28. The van der Waals surface area contributed by atoms with E-state index in [0.717, 1.165) is 5.01 Å². The van der Waals surface area contributed by atoms with Crippen LogP contribution in [0, 0.1) is 6.92 Å². The molecule has 0 fully saturated rings. The summed E-state index contributed by atoms with van der Waals surface area (Å²) in [6.45, 7) is 2.01. The molecular weight excluding hydrogens is 105 g/mol. The Morgan fingerprint density at radius 3 is 2.71 bits per heavy atom. The van der Waals surface area contributed by atoms with E-state index >= 15 is 0 Å². The minimum atomic E-state index is 1.15. The van der Waals surface area contributed by atoms with Crippen LogP contribution in [-0.4, -0.2) is 12.8 Å². The largest absolute Gasteiger partial charge is 0.251 e. The monoisotopic (exact) mass is 111 g/mol. The number of rotatable bonds is 0. The Kier molecular flexibility index (Phi) is 1.15. The number of nitrogens with zero attached hydrogens (tertiary/aromatic N) is 1. The second kappa shape index (κ2) is 1.66. The summed E-state index contributed by atoms with van der Waals surface area (Å²) in [6, 6.07) is 0. The van der Waals surface area contributed by atoms with E-state index < -0.39 is 0 Å². The van der Waals surface area contributed by atoms with E-state index in [4.69, 9.17) is 0 Å². The van der Waals surface area contributed by atoms with Crippen molar-refractivity contribution in [3.05, 3.63) is 11.2 Å². The normalized spacial score (nSPS) is 9.29. The average Bonchev–Trinajstić information content (AvgIpc) is 1.87. The number of aromatic nitrogens is 1. The molecule has 0 atom stereocenters. The van der Waals surface area contributed by atoms with E-state index in [9.17, 15) is 0 Å². The maximum atomic E-state index is 4.03. The van der Waals surface area contributed by atoms with Gasteiger partial charge in [0.05, 0.1) is 5.01 Å². The van der Waals surface area contributed by atoms with Crippen molar-refractivity contribution in [2.24, 2.45) is 0 Å². The van der Waals surface area contributed by atoms with E-state index in [1.165, 1.54) is 4.78 Å². The van der Waals surface area contributed by atoms with E-state index in [2.05, 4.69) is 12.8 Å². The Morgan fingerprint density at radius 2 is 2.57 bits per heavy atom. The smallest absolute Gasteiger partial charge is 0.154 e. The highest BCUT2D eigenvalue weighted by Gasteiger charge is 1.86. The molecule has 0 saturated carbocycles. The first kappa shape index (κ1) is 4.84. The molecule has 0 aliphatic rings. The maximum Gasteiger partial charge on any atom is 0.154 e. The minimum Gasteiger partial charge on any atom is -0.251 e. The summed E-state index contributed by atoms with van der Waals surface area (Å²) in [6.07, 6.45) is 1.89. The van der Waals surface area contributed by atoms with E-state index in [0.29, 0.717) is 0 Å². The zero-order valence-electron chi connectivity index (χ0n) is 4.43. The molecule has 0 aliphatic carbocycles. The van der Waals surface area contributed by atoms with E-state index in [1.54, 1.807) is 11.3 Å². The van der Waals surface area contributed by atoms with Gasteiger partial charge in [0.25, 0.3) is 0 Å². The van der Waals surface area contributed by atoms with Crippen molar-refractivity contribution in [2.45, 2.75) is 6.92 Å². The molecule has 3 heteroatoms. The molecule has 1 nitrogen and oxygen atoms in total. The molecule has 1 aromatic heterocycles. The van der Waals surface area contributed by atoms with Crippen molar-refractivity contribution in [3.8, 4) is 0 Å². The van der Waals surface area contributed by atoms with Gasteiger partial charge in [0.2, 0.25) is 0 Å². The summed E-state index contributed by atoms with van der Waals surface area (Å²) in [4.78, 5) is 4.03. The standard InChI is InChI=1S/C4H6BNS/c1-3-6-2-4(5)7-3/h2H,5H2,1H3. The van der Waals surface area contributed by atoms with Crippen LogP contribution in [0.4, 0.5) is 0 Å². The molecule has 0 unspecified atom stereocenters. The van der Waals surface area contributed by atoms with Gasteiger partial charge in [-0.05, 0) is 11.7 Å². The van der Waals surface area contributed by atoms with Crippen molar-refractivity contribution in [3.63, 3.8) is 0 Å². The lowest BCUT2D eigenvalue weighted by Gasteiger charge is -1.68. The summed E-state index contributed by atoms with van der Waals surface area (Å²) < 4.78 is 1.29.